The van der Waals surface area contributed by atoms with Crippen molar-refractivity contribution in [3.63, 3.8) is 0 Å². The van der Waals surface area contributed by atoms with Crippen LogP contribution in [0.15, 0.2) is 0 Å². The highest BCUT2D eigenvalue weighted by atomic mass is 16.2. The second-order valence-electron chi connectivity index (χ2n) is 7.25. The molecule has 0 aromatic heterocycles. The van der Waals surface area contributed by atoms with E-state index < -0.39 is 0 Å². The normalized spacial score (nSPS) is 28.9. The van der Waals surface area contributed by atoms with E-state index in [1.165, 1.54) is 38.8 Å². The number of rotatable bonds is 4. The summed E-state index contributed by atoms with van der Waals surface area (Å²) in [6, 6.07) is 0.195. The van der Waals surface area contributed by atoms with Gasteiger partial charge >= 0.3 is 0 Å². The molecule has 2 aliphatic rings. The van der Waals surface area contributed by atoms with E-state index in [-0.39, 0.29) is 23.4 Å². The zero-order valence-corrected chi connectivity index (χ0v) is 13.4. The van der Waals surface area contributed by atoms with E-state index >= 15 is 0 Å². The summed E-state index contributed by atoms with van der Waals surface area (Å²) in [7, 11) is 0. The maximum Gasteiger partial charge on any atom is 0.237 e. The van der Waals surface area contributed by atoms with Crippen molar-refractivity contribution < 1.29 is 4.79 Å². The summed E-state index contributed by atoms with van der Waals surface area (Å²) in [6.07, 6.45) is 6.26. The van der Waals surface area contributed by atoms with Crippen LogP contribution in [0.5, 0.6) is 0 Å². The molecular weight excluding hydrogens is 250 g/mol. The Kier molecular flexibility index (Phi) is 5.44. The van der Waals surface area contributed by atoms with Crippen molar-refractivity contribution in [2.24, 2.45) is 5.41 Å². The molecule has 2 heterocycles. The van der Waals surface area contributed by atoms with Crippen LogP contribution in [0, 0.1) is 5.41 Å². The molecule has 0 aromatic carbocycles. The topological polar surface area (TPSA) is 44.4 Å². The Labute approximate surface area is 123 Å². The number of likely N-dealkylation sites (tertiary alicyclic amines) is 1. The number of piperidine rings is 2. The number of carbonyl (C=O) groups is 1. The highest BCUT2D eigenvalue weighted by Gasteiger charge is 2.37. The number of hydrogen-bond acceptors (Lipinski definition) is 3. The van der Waals surface area contributed by atoms with Crippen molar-refractivity contribution in [2.45, 2.75) is 65.0 Å². The molecule has 1 amide bonds. The number of amides is 1. The molecule has 4 heteroatoms. The summed E-state index contributed by atoms with van der Waals surface area (Å²) in [4.78, 5) is 15.0. The van der Waals surface area contributed by atoms with Gasteiger partial charge in [0.15, 0.2) is 0 Å². The summed E-state index contributed by atoms with van der Waals surface area (Å²) >= 11 is 0. The third-order valence-electron chi connectivity index (χ3n) is 4.76. The summed E-state index contributed by atoms with van der Waals surface area (Å²) in [5.74, 6) is 0.180. The average molecular weight is 281 g/mol. The van der Waals surface area contributed by atoms with E-state index in [0.717, 1.165) is 19.5 Å². The molecule has 0 aliphatic carbocycles. The fraction of sp³-hybridized carbons (Fsp3) is 0.938. The van der Waals surface area contributed by atoms with Gasteiger partial charge in [-0.25, -0.2) is 0 Å². The Morgan fingerprint density at radius 1 is 1.30 bits per heavy atom. The second kappa shape index (κ2) is 6.90. The number of nitrogens with zero attached hydrogens (tertiary/aromatic N) is 1. The van der Waals surface area contributed by atoms with Crippen LogP contribution >= 0.6 is 0 Å². The van der Waals surface area contributed by atoms with Gasteiger partial charge in [-0.3, -0.25) is 4.79 Å². The Hall–Kier alpha value is -0.610. The van der Waals surface area contributed by atoms with Crippen molar-refractivity contribution in [2.75, 3.05) is 26.2 Å². The van der Waals surface area contributed by atoms with Gasteiger partial charge in [0, 0.05) is 12.6 Å². The smallest absolute Gasteiger partial charge is 0.237 e. The Bertz CT molecular complexity index is 324. The van der Waals surface area contributed by atoms with E-state index in [4.69, 9.17) is 0 Å². The molecule has 2 fully saturated rings. The molecule has 2 rings (SSSR count). The van der Waals surface area contributed by atoms with Crippen molar-refractivity contribution >= 4 is 5.91 Å². The van der Waals surface area contributed by atoms with Gasteiger partial charge in [-0.1, -0.05) is 20.3 Å². The van der Waals surface area contributed by atoms with Crippen LogP contribution in [-0.4, -0.2) is 49.1 Å². The minimum Gasteiger partial charge on any atom is -0.351 e. The zero-order valence-electron chi connectivity index (χ0n) is 13.4. The number of hydrogen-bond donors (Lipinski definition) is 2. The van der Waals surface area contributed by atoms with Gasteiger partial charge in [0.25, 0.3) is 0 Å². The van der Waals surface area contributed by atoms with Gasteiger partial charge in [-0.2, -0.15) is 0 Å². The van der Waals surface area contributed by atoms with Crippen LogP contribution in [0.4, 0.5) is 0 Å². The SMILES string of the molecule is CC(CN1CCCCC1)NC(=O)C1NCCCC1(C)C. The van der Waals surface area contributed by atoms with Crippen molar-refractivity contribution in [1.29, 1.82) is 0 Å². The number of carbonyl (C=O) groups excluding carboxylic acids is 1. The molecule has 2 atom stereocenters. The van der Waals surface area contributed by atoms with Gasteiger partial charge in [-0.05, 0) is 57.7 Å². The fourth-order valence-corrected chi connectivity index (χ4v) is 3.56. The summed E-state index contributed by atoms with van der Waals surface area (Å²) < 4.78 is 0. The lowest BCUT2D eigenvalue weighted by molar-refractivity contribution is -0.127. The van der Waals surface area contributed by atoms with Crippen LogP contribution in [0.1, 0.15) is 52.9 Å². The second-order valence-corrected chi connectivity index (χ2v) is 7.25. The van der Waals surface area contributed by atoms with Gasteiger partial charge in [0.2, 0.25) is 5.91 Å². The molecule has 0 spiro atoms. The largest absolute Gasteiger partial charge is 0.351 e. The maximum absolute atomic E-state index is 12.5. The molecule has 116 valence electrons. The summed E-state index contributed by atoms with van der Waals surface area (Å²) in [5.41, 5.74) is 0.0627. The third-order valence-corrected chi connectivity index (χ3v) is 4.76. The van der Waals surface area contributed by atoms with E-state index in [9.17, 15) is 4.79 Å². The first-order chi connectivity index (χ1) is 9.49. The van der Waals surface area contributed by atoms with Gasteiger partial charge < -0.3 is 15.5 Å². The Morgan fingerprint density at radius 2 is 2.00 bits per heavy atom. The van der Waals surface area contributed by atoms with Gasteiger partial charge in [0.1, 0.15) is 0 Å². The van der Waals surface area contributed by atoms with E-state index in [2.05, 4.69) is 36.3 Å². The highest BCUT2D eigenvalue weighted by Crippen LogP contribution is 2.30. The fourth-order valence-electron chi connectivity index (χ4n) is 3.56. The minimum absolute atomic E-state index is 0.0416. The maximum atomic E-state index is 12.5. The van der Waals surface area contributed by atoms with Crippen LogP contribution in [0.2, 0.25) is 0 Å². The Balaban J connectivity index is 1.80. The molecule has 2 aliphatic heterocycles. The highest BCUT2D eigenvalue weighted by molar-refractivity contribution is 5.83. The quantitative estimate of drug-likeness (QED) is 0.825. The van der Waals surface area contributed by atoms with Crippen molar-refractivity contribution in [3.8, 4) is 0 Å². The monoisotopic (exact) mass is 281 g/mol. The molecule has 2 N–H and O–H groups in total. The lowest BCUT2D eigenvalue weighted by Crippen LogP contribution is -2.58. The average Bonchev–Trinajstić information content (AvgIpc) is 2.38. The molecular formula is C16H31N3O. The first-order valence-electron chi connectivity index (χ1n) is 8.25. The van der Waals surface area contributed by atoms with Crippen molar-refractivity contribution in [1.82, 2.24) is 15.5 Å². The molecule has 2 unspecified atom stereocenters. The van der Waals surface area contributed by atoms with E-state index in [1.54, 1.807) is 0 Å². The summed E-state index contributed by atoms with van der Waals surface area (Å²) in [5, 5.41) is 6.60. The Morgan fingerprint density at radius 3 is 2.65 bits per heavy atom. The molecule has 20 heavy (non-hydrogen) atoms. The van der Waals surface area contributed by atoms with Gasteiger partial charge in [-0.15, -0.1) is 0 Å². The third kappa shape index (κ3) is 4.19. The standard InChI is InChI=1S/C16H31N3O/c1-13(12-19-10-5-4-6-11-19)18-15(20)14-16(2,3)8-7-9-17-14/h13-14,17H,4-12H2,1-3H3,(H,18,20). The molecule has 0 radical (unpaired) electrons. The molecule has 0 aromatic rings. The predicted molar refractivity (Wildman–Crippen MR) is 82.7 cm³/mol. The lowest BCUT2D eigenvalue weighted by Gasteiger charge is -2.39. The molecule has 0 saturated carbocycles. The van der Waals surface area contributed by atoms with E-state index in [0.29, 0.717) is 0 Å². The van der Waals surface area contributed by atoms with Crippen LogP contribution in [-0.2, 0) is 4.79 Å². The lowest BCUT2D eigenvalue weighted by atomic mass is 9.77. The minimum atomic E-state index is -0.0416. The first-order valence-corrected chi connectivity index (χ1v) is 8.25. The van der Waals surface area contributed by atoms with Crippen LogP contribution in [0.3, 0.4) is 0 Å². The van der Waals surface area contributed by atoms with Crippen molar-refractivity contribution in [3.05, 3.63) is 0 Å². The predicted octanol–water partition coefficient (Wildman–Crippen LogP) is 1.76. The summed E-state index contributed by atoms with van der Waals surface area (Å²) in [6.45, 7) is 10.8. The van der Waals surface area contributed by atoms with Crippen LogP contribution in [0.25, 0.3) is 0 Å². The molecule has 2 saturated heterocycles. The van der Waals surface area contributed by atoms with E-state index in [1.807, 2.05) is 0 Å². The van der Waals surface area contributed by atoms with Gasteiger partial charge in [0.05, 0.1) is 6.04 Å². The first kappa shape index (κ1) is 15.8. The number of nitrogens with one attached hydrogen (secondary N) is 2. The zero-order chi connectivity index (χ0) is 14.6. The molecule has 0 bridgehead atoms. The molecule has 4 nitrogen and oxygen atoms in total. The van der Waals surface area contributed by atoms with Crippen LogP contribution < -0.4 is 10.6 Å².